The van der Waals surface area contributed by atoms with E-state index in [1.807, 2.05) is 36.1 Å². The van der Waals surface area contributed by atoms with Gasteiger partial charge in [0.1, 0.15) is 18.1 Å². The highest BCUT2D eigenvalue weighted by Gasteiger charge is 2.23. The van der Waals surface area contributed by atoms with Crippen molar-refractivity contribution in [1.29, 1.82) is 0 Å². The summed E-state index contributed by atoms with van der Waals surface area (Å²) in [5.41, 5.74) is 1.49. The Balaban J connectivity index is 0.00000169. The molecule has 1 fully saturated rings. The van der Waals surface area contributed by atoms with E-state index >= 15 is 0 Å². The summed E-state index contributed by atoms with van der Waals surface area (Å²) in [6.07, 6.45) is 1.18. The molecule has 0 aliphatic carbocycles. The molecule has 1 aromatic heterocycles. The number of hydrogen-bond acceptors (Lipinski definition) is 5. The van der Waals surface area contributed by atoms with Gasteiger partial charge in [-0.15, -0.1) is 24.8 Å². The summed E-state index contributed by atoms with van der Waals surface area (Å²) in [7, 11) is -3.23. The number of imidazole rings is 1. The third-order valence-electron chi connectivity index (χ3n) is 4.14. The molecule has 0 saturated carbocycles. The first-order valence-corrected chi connectivity index (χ1v) is 10.0. The number of fused-ring (bicyclic) bond motifs is 1. The number of sulfone groups is 1. The molecule has 0 spiro atoms. The minimum Gasteiger partial charge on any atom is -0.338 e. The van der Waals surface area contributed by atoms with Crippen LogP contribution < -0.4 is 5.32 Å². The van der Waals surface area contributed by atoms with Gasteiger partial charge in [-0.05, 0) is 19.1 Å². The Bertz CT molecular complexity index is 870. The monoisotopic (exact) mass is 422 g/mol. The van der Waals surface area contributed by atoms with Crippen LogP contribution in [-0.2, 0) is 26.9 Å². The second-order valence-electron chi connectivity index (χ2n) is 6.37. The van der Waals surface area contributed by atoms with Gasteiger partial charge in [-0.3, -0.25) is 4.79 Å². The molecule has 7 nitrogen and oxygen atoms in total. The third kappa shape index (κ3) is 5.33. The minimum atomic E-state index is -3.23. The maximum absolute atomic E-state index is 12.7. The molecule has 1 N–H and O–H groups in total. The number of hydrogen-bond donors (Lipinski definition) is 1. The van der Waals surface area contributed by atoms with Gasteiger partial charge in [0.15, 0.2) is 9.84 Å². The van der Waals surface area contributed by atoms with Crippen molar-refractivity contribution in [2.75, 3.05) is 25.9 Å². The van der Waals surface area contributed by atoms with Gasteiger partial charge in [-0.25, -0.2) is 13.4 Å². The molecule has 1 atom stereocenters. The van der Waals surface area contributed by atoms with Crippen molar-refractivity contribution in [3.05, 3.63) is 30.1 Å². The summed E-state index contributed by atoms with van der Waals surface area (Å²) in [6, 6.07) is 7.67. The first-order chi connectivity index (χ1) is 11.3. The summed E-state index contributed by atoms with van der Waals surface area (Å²) >= 11 is 0. The van der Waals surface area contributed by atoms with E-state index in [2.05, 4.69) is 10.3 Å². The number of halogens is 2. The molecule has 1 unspecified atom stereocenters. The van der Waals surface area contributed by atoms with Crippen LogP contribution in [0.3, 0.4) is 0 Å². The van der Waals surface area contributed by atoms with Crippen LogP contribution in [0.15, 0.2) is 24.3 Å². The Morgan fingerprint density at radius 1 is 1.31 bits per heavy atom. The van der Waals surface area contributed by atoms with Crippen molar-refractivity contribution in [2.45, 2.75) is 25.3 Å². The zero-order valence-corrected chi connectivity index (χ0v) is 17.2. The Kier molecular flexibility index (Phi) is 7.88. The first kappa shape index (κ1) is 22.7. The molecule has 2 heterocycles. The lowest BCUT2D eigenvalue weighted by Crippen LogP contribution is -2.52. The lowest BCUT2D eigenvalue weighted by atomic mass is 10.2. The third-order valence-corrected chi connectivity index (χ3v) is 4.92. The van der Waals surface area contributed by atoms with Gasteiger partial charge in [0.25, 0.3) is 0 Å². The number of amides is 1. The number of nitrogens with zero attached hydrogens (tertiary/aromatic N) is 3. The van der Waals surface area contributed by atoms with Gasteiger partial charge in [-0.2, -0.15) is 0 Å². The highest BCUT2D eigenvalue weighted by Crippen LogP contribution is 2.18. The fourth-order valence-electron chi connectivity index (χ4n) is 3.04. The van der Waals surface area contributed by atoms with Crippen LogP contribution in [0.2, 0.25) is 0 Å². The Morgan fingerprint density at radius 3 is 2.65 bits per heavy atom. The number of aromatic nitrogens is 2. The van der Waals surface area contributed by atoms with Crippen LogP contribution in [0.1, 0.15) is 12.7 Å². The molecule has 1 aliphatic heterocycles. The van der Waals surface area contributed by atoms with Crippen molar-refractivity contribution in [3.63, 3.8) is 0 Å². The number of rotatable bonds is 4. The lowest BCUT2D eigenvalue weighted by molar-refractivity contribution is -0.132. The molecule has 1 aromatic carbocycles. The maximum Gasteiger partial charge on any atom is 0.242 e. The van der Waals surface area contributed by atoms with Crippen LogP contribution in [0.5, 0.6) is 0 Å². The van der Waals surface area contributed by atoms with Crippen LogP contribution in [0.25, 0.3) is 11.0 Å². The van der Waals surface area contributed by atoms with Gasteiger partial charge in [0.05, 0.1) is 11.0 Å². The molecule has 2 aromatic rings. The zero-order chi connectivity index (χ0) is 17.3. The van der Waals surface area contributed by atoms with Crippen LogP contribution >= 0.6 is 24.8 Å². The number of carbonyl (C=O) groups excluding carboxylic acids is 1. The Morgan fingerprint density at radius 2 is 2.00 bits per heavy atom. The predicted octanol–water partition coefficient (Wildman–Crippen LogP) is 1.24. The second-order valence-corrected chi connectivity index (χ2v) is 8.51. The zero-order valence-electron chi connectivity index (χ0n) is 14.7. The molecule has 0 radical (unpaired) electrons. The summed E-state index contributed by atoms with van der Waals surface area (Å²) in [5, 5.41) is 3.31. The van der Waals surface area contributed by atoms with Gasteiger partial charge in [0, 0.05) is 31.9 Å². The van der Waals surface area contributed by atoms with Crippen molar-refractivity contribution < 1.29 is 13.2 Å². The number of benzene rings is 1. The summed E-state index contributed by atoms with van der Waals surface area (Å²) in [6.45, 7) is 4.25. The summed E-state index contributed by atoms with van der Waals surface area (Å²) < 4.78 is 25.1. The number of nitrogens with one attached hydrogen (secondary N) is 1. The molecule has 10 heteroatoms. The number of piperazine rings is 1. The standard InChI is InChI=1S/C16H22N4O3S.2ClH/c1-12-9-19(8-7-17-12)16(21)10-20-14-6-4-3-5-13(14)18-15(20)11-24(2,22)23;;/h3-6,12,17H,7-11H2,1-2H3;2*1H. The van der Waals surface area contributed by atoms with Gasteiger partial charge in [0.2, 0.25) is 5.91 Å². The molecule has 1 saturated heterocycles. The fourth-order valence-corrected chi connectivity index (χ4v) is 3.73. The van der Waals surface area contributed by atoms with Gasteiger partial charge >= 0.3 is 0 Å². The van der Waals surface area contributed by atoms with Gasteiger partial charge in [-0.1, -0.05) is 12.1 Å². The van der Waals surface area contributed by atoms with Crippen molar-refractivity contribution in [3.8, 4) is 0 Å². The summed E-state index contributed by atoms with van der Waals surface area (Å²) in [5.74, 6) is 0.226. The second kappa shape index (κ2) is 9.03. The smallest absolute Gasteiger partial charge is 0.242 e. The van der Waals surface area contributed by atoms with E-state index in [1.54, 1.807) is 4.57 Å². The number of carbonyl (C=O) groups is 1. The van der Waals surface area contributed by atoms with Crippen molar-refractivity contribution >= 4 is 51.6 Å². The fraction of sp³-hybridized carbons (Fsp3) is 0.500. The molecule has 3 rings (SSSR count). The number of para-hydroxylation sites is 2. The first-order valence-electron chi connectivity index (χ1n) is 7.96. The maximum atomic E-state index is 12.7. The molecule has 146 valence electrons. The highest BCUT2D eigenvalue weighted by atomic mass is 35.5. The van der Waals surface area contributed by atoms with E-state index in [0.717, 1.165) is 12.1 Å². The lowest BCUT2D eigenvalue weighted by Gasteiger charge is -2.32. The molecular formula is C16H24Cl2N4O3S. The van der Waals surface area contributed by atoms with E-state index in [9.17, 15) is 13.2 Å². The van der Waals surface area contributed by atoms with E-state index in [-0.39, 0.29) is 49.1 Å². The minimum absolute atomic E-state index is 0. The average molecular weight is 423 g/mol. The van der Waals surface area contributed by atoms with E-state index < -0.39 is 9.84 Å². The molecule has 1 aliphatic rings. The van der Waals surface area contributed by atoms with Crippen LogP contribution in [-0.4, -0.2) is 60.7 Å². The topological polar surface area (TPSA) is 84.3 Å². The summed E-state index contributed by atoms with van der Waals surface area (Å²) in [4.78, 5) is 18.9. The van der Waals surface area contributed by atoms with E-state index in [0.29, 0.717) is 24.4 Å². The quantitative estimate of drug-likeness (QED) is 0.800. The van der Waals surface area contributed by atoms with E-state index in [1.165, 1.54) is 6.26 Å². The Labute approximate surface area is 165 Å². The molecule has 26 heavy (non-hydrogen) atoms. The molecular weight excluding hydrogens is 399 g/mol. The van der Waals surface area contributed by atoms with Crippen LogP contribution in [0, 0.1) is 0 Å². The van der Waals surface area contributed by atoms with Gasteiger partial charge < -0.3 is 14.8 Å². The normalized spacial score (nSPS) is 17.5. The average Bonchev–Trinajstić information content (AvgIpc) is 2.83. The van der Waals surface area contributed by atoms with Crippen LogP contribution in [0.4, 0.5) is 0 Å². The predicted molar refractivity (Wildman–Crippen MR) is 107 cm³/mol. The Hall–Kier alpha value is -1.35. The highest BCUT2D eigenvalue weighted by molar-refractivity contribution is 7.89. The SMILES string of the molecule is CC1CN(C(=O)Cn2c(CS(C)(=O)=O)nc3ccccc32)CCN1.Cl.Cl. The van der Waals surface area contributed by atoms with E-state index in [4.69, 9.17) is 0 Å². The molecule has 1 amide bonds. The largest absolute Gasteiger partial charge is 0.338 e. The molecule has 0 bridgehead atoms. The van der Waals surface area contributed by atoms with Crippen molar-refractivity contribution in [2.24, 2.45) is 0 Å². The van der Waals surface area contributed by atoms with Crippen molar-refractivity contribution in [1.82, 2.24) is 19.8 Å².